The fourth-order valence-corrected chi connectivity index (χ4v) is 1.10. The average molecular weight is 278 g/mol. The molecule has 0 amide bonds. The molecule has 1 heterocycles. The normalized spacial score (nSPS) is 15.3. The maximum Gasteiger partial charge on any atom is 0.213 e. The highest BCUT2D eigenvalue weighted by Gasteiger charge is 2.17. The summed E-state index contributed by atoms with van der Waals surface area (Å²) >= 11 is 2.14. The highest BCUT2D eigenvalue weighted by molar-refractivity contribution is 14.1. The second kappa shape index (κ2) is 3.57. The first-order chi connectivity index (χ1) is 5.54. The Hall–Kier alpha value is -0.360. The molecular formula is C8H11IN2O. The van der Waals surface area contributed by atoms with Crippen molar-refractivity contribution in [1.82, 2.24) is 4.98 Å². The Labute approximate surface area is 85.5 Å². The van der Waals surface area contributed by atoms with Crippen LogP contribution < -0.4 is 10.5 Å². The van der Waals surface area contributed by atoms with Gasteiger partial charge in [-0.15, -0.1) is 0 Å². The predicted octanol–water partition coefficient (Wildman–Crippen LogP) is 1.66. The van der Waals surface area contributed by atoms with Crippen LogP contribution in [0.2, 0.25) is 0 Å². The topological polar surface area (TPSA) is 48.1 Å². The molecule has 0 aliphatic heterocycles. The minimum atomic E-state index is -0.438. The summed E-state index contributed by atoms with van der Waals surface area (Å²) < 4.78 is 4.54. The molecule has 0 fully saturated rings. The van der Waals surface area contributed by atoms with Gasteiger partial charge in [0.2, 0.25) is 5.88 Å². The van der Waals surface area contributed by atoms with Gasteiger partial charge in [-0.25, -0.2) is 4.98 Å². The van der Waals surface area contributed by atoms with E-state index in [9.17, 15) is 0 Å². The number of alkyl halides is 1. The minimum absolute atomic E-state index is 0.438. The molecular weight excluding hydrogens is 267 g/mol. The van der Waals surface area contributed by atoms with E-state index in [0.717, 1.165) is 5.69 Å². The predicted molar refractivity (Wildman–Crippen MR) is 56.3 cm³/mol. The Morgan fingerprint density at radius 2 is 2.25 bits per heavy atom. The Morgan fingerprint density at radius 3 is 2.75 bits per heavy atom. The van der Waals surface area contributed by atoms with E-state index in [1.165, 1.54) is 0 Å². The van der Waals surface area contributed by atoms with Gasteiger partial charge < -0.3 is 10.5 Å². The van der Waals surface area contributed by atoms with Crippen molar-refractivity contribution in [2.75, 3.05) is 7.11 Å². The Bertz CT molecular complexity index is 270. The van der Waals surface area contributed by atoms with Crippen molar-refractivity contribution in [3.8, 4) is 5.88 Å². The van der Waals surface area contributed by atoms with Crippen molar-refractivity contribution < 1.29 is 4.74 Å². The number of pyridine rings is 1. The lowest BCUT2D eigenvalue weighted by molar-refractivity contribution is 0.395. The summed E-state index contributed by atoms with van der Waals surface area (Å²) in [5.74, 6) is 0.598. The summed E-state index contributed by atoms with van der Waals surface area (Å²) in [5, 5.41) is 0. The van der Waals surface area contributed by atoms with E-state index in [1.807, 2.05) is 19.1 Å². The number of hydrogen-bond donors (Lipinski definition) is 1. The van der Waals surface area contributed by atoms with Crippen LogP contribution in [-0.2, 0) is 3.55 Å². The molecule has 12 heavy (non-hydrogen) atoms. The van der Waals surface area contributed by atoms with E-state index in [4.69, 9.17) is 10.5 Å². The van der Waals surface area contributed by atoms with Crippen molar-refractivity contribution in [2.24, 2.45) is 5.73 Å². The third-order valence-electron chi connectivity index (χ3n) is 1.43. The van der Waals surface area contributed by atoms with Crippen LogP contribution >= 0.6 is 22.6 Å². The van der Waals surface area contributed by atoms with Gasteiger partial charge in [0, 0.05) is 6.07 Å². The fourth-order valence-electron chi connectivity index (χ4n) is 0.801. The van der Waals surface area contributed by atoms with Gasteiger partial charge in [0.05, 0.1) is 12.8 Å². The third-order valence-corrected chi connectivity index (χ3v) is 1.99. The Kier molecular flexibility index (Phi) is 2.89. The monoisotopic (exact) mass is 278 g/mol. The van der Waals surface area contributed by atoms with Crippen molar-refractivity contribution in [2.45, 2.75) is 10.5 Å². The molecule has 2 N–H and O–H groups in total. The van der Waals surface area contributed by atoms with Crippen molar-refractivity contribution in [1.29, 1.82) is 0 Å². The second-order valence-electron chi connectivity index (χ2n) is 2.64. The first kappa shape index (κ1) is 9.73. The van der Waals surface area contributed by atoms with E-state index >= 15 is 0 Å². The SMILES string of the molecule is COc1cccc([C@@](C)(N)I)n1. The van der Waals surface area contributed by atoms with Gasteiger partial charge in [-0.3, -0.25) is 0 Å². The average Bonchev–Trinajstić information content (AvgIpc) is 2.03. The number of rotatable bonds is 2. The Balaban J connectivity index is 3.02. The van der Waals surface area contributed by atoms with Crippen LogP contribution in [-0.4, -0.2) is 12.1 Å². The number of halogens is 1. The molecule has 0 saturated carbocycles. The van der Waals surface area contributed by atoms with Crippen LogP contribution in [0.5, 0.6) is 5.88 Å². The summed E-state index contributed by atoms with van der Waals surface area (Å²) in [5.41, 5.74) is 6.67. The van der Waals surface area contributed by atoms with Crippen LogP contribution in [0.1, 0.15) is 12.6 Å². The molecule has 1 rings (SSSR count). The van der Waals surface area contributed by atoms with Crippen LogP contribution in [0.25, 0.3) is 0 Å². The van der Waals surface area contributed by atoms with Gasteiger partial charge in [0.15, 0.2) is 0 Å². The van der Waals surface area contributed by atoms with E-state index in [0.29, 0.717) is 5.88 Å². The molecule has 3 nitrogen and oxygen atoms in total. The highest BCUT2D eigenvalue weighted by atomic mass is 127. The molecule has 0 bridgehead atoms. The molecule has 1 aromatic rings. The molecule has 0 aromatic carbocycles. The van der Waals surface area contributed by atoms with Gasteiger partial charge in [0.25, 0.3) is 0 Å². The summed E-state index contributed by atoms with van der Waals surface area (Å²) in [6.45, 7) is 1.90. The molecule has 1 atom stereocenters. The number of aromatic nitrogens is 1. The summed E-state index contributed by atoms with van der Waals surface area (Å²) in [4.78, 5) is 4.21. The molecule has 1 aromatic heterocycles. The quantitative estimate of drug-likeness (QED) is 0.508. The largest absolute Gasteiger partial charge is 0.481 e. The van der Waals surface area contributed by atoms with Crippen molar-refractivity contribution >= 4 is 22.6 Å². The molecule has 0 aliphatic rings. The Morgan fingerprint density at radius 1 is 1.58 bits per heavy atom. The van der Waals surface area contributed by atoms with E-state index in [1.54, 1.807) is 13.2 Å². The third kappa shape index (κ3) is 2.31. The molecule has 0 saturated heterocycles. The maximum absolute atomic E-state index is 5.85. The van der Waals surface area contributed by atoms with Gasteiger partial charge in [-0.05, 0) is 13.0 Å². The van der Waals surface area contributed by atoms with Gasteiger partial charge >= 0.3 is 0 Å². The zero-order valence-electron chi connectivity index (χ0n) is 7.04. The molecule has 4 heteroatoms. The minimum Gasteiger partial charge on any atom is -0.481 e. The van der Waals surface area contributed by atoms with Crippen LogP contribution in [0, 0.1) is 0 Å². The van der Waals surface area contributed by atoms with Gasteiger partial charge in [0.1, 0.15) is 3.55 Å². The standard InChI is InChI=1S/C8H11IN2O/c1-8(9,10)6-4-3-5-7(11-6)12-2/h3-5H,10H2,1-2H3/t8-/m1/s1. The van der Waals surface area contributed by atoms with E-state index in [-0.39, 0.29) is 0 Å². The summed E-state index contributed by atoms with van der Waals surface area (Å²) in [6.07, 6.45) is 0. The highest BCUT2D eigenvalue weighted by Crippen LogP contribution is 2.24. The van der Waals surface area contributed by atoms with Crippen molar-refractivity contribution in [3.05, 3.63) is 23.9 Å². The number of methoxy groups -OCH3 is 1. The molecule has 0 spiro atoms. The maximum atomic E-state index is 5.85. The lowest BCUT2D eigenvalue weighted by atomic mass is 10.2. The van der Waals surface area contributed by atoms with E-state index in [2.05, 4.69) is 27.6 Å². The smallest absolute Gasteiger partial charge is 0.213 e. The van der Waals surface area contributed by atoms with Crippen LogP contribution in [0.3, 0.4) is 0 Å². The molecule has 66 valence electrons. The first-order valence-electron chi connectivity index (χ1n) is 3.53. The number of nitrogens with zero attached hydrogens (tertiary/aromatic N) is 1. The fraction of sp³-hybridized carbons (Fsp3) is 0.375. The number of ether oxygens (including phenoxy) is 1. The van der Waals surface area contributed by atoms with Crippen LogP contribution in [0.4, 0.5) is 0 Å². The lowest BCUT2D eigenvalue weighted by Crippen LogP contribution is -2.25. The van der Waals surface area contributed by atoms with Crippen LogP contribution in [0.15, 0.2) is 18.2 Å². The van der Waals surface area contributed by atoms with Crippen molar-refractivity contribution in [3.63, 3.8) is 0 Å². The van der Waals surface area contributed by atoms with Gasteiger partial charge in [-0.1, -0.05) is 28.7 Å². The first-order valence-corrected chi connectivity index (χ1v) is 4.61. The number of hydrogen-bond acceptors (Lipinski definition) is 3. The lowest BCUT2D eigenvalue weighted by Gasteiger charge is -2.15. The number of nitrogens with two attached hydrogens (primary N) is 1. The second-order valence-corrected chi connectivity index (χ2v) is 4.88. The zero-order chi connectivity index (χ0) is 9.19. The molecule has 0 radical (unpaired) electrons. The molecule has 0 unspecified atom stereocenters. The summed E-state index contributed by atoms with van der Waals surface area (Å²) in [6, 6.07) is 5.56. The van der Waals surface area contributed by atoms with Gasteiger partial charge in [-0.2, -0.15) is 0 Å². The van der Waals surface area contributed by atoms with E-state index < -0.39 is 3.55 Å². The molecule has 0 aliphatic carbocycles. The summed E-state index contributed by atoms with van der Waals surface area (Å²) in [7, 11) is 1.59. The zero-order valence-corrected chi connectivity index (χ0v) is 9.20.